The molecule has 0 heterocycles. The van der Waals surface area contributed by atoms with E-state index in [0.29, 0.717) is 0 Å². The lowest BCUT2D eigenvalue weighted by molar-refractivity contribution is 0.00254. The largest absolute Gasteiger partial charge is 0.0654 e. The topological polar surface area (TPSA) is 0 Å². The number of hydrogen-bond donors (Lipinski definition) is 0. The Balaban J connectivity index is 0.000000172. The van der Waals surface area contributed by atoms with Gasteiger partial charge in [-0.25, -0.2) is 0 Å². The summed E-state index contributed by atoms with van der Waals surface area (Å²) < 4.78 is 0. The molecule has 0 bridgehead atoms. The van der Waals surface area contributed by atoms with Crippen LogP contribution in [0.15, 0.2) is 0 Å². The molecule has 204 valence electrons. The monoisotopic (exact) mass is 485 g/mol. The molecule has 5 saturated carbocycles. The highest BCUT2D eigenvalue weighted by Crippen LogP contribution is 2.56. The van der Waals surface area contributed by atoms with Gasteiger partial charge in [0.15, 0.2) is 0 Å². The zero-order chi connectivity index (χ0) is 24.8. The molecule has 5 fully saturated rings. The number of hydrogen-bond acceptors (Lipinski definition) is 0. The van der Waals surface area contributed by atoms with E-state index in [4.69, 9.17) is 0 Å². The molecule has 0 aliphatic heterocycles. The molecule has 0 spiro atoms. The highest BCUT2D eigenvalue weighted by molar-refractivity contribution is 4.96. The lowest BCUT2D eigenvalue weighted by atomic mass is 9.56. The van der Waals surface area contributed by atoms with Crippen molar-refractivity contribution in [3.8, 4) is 0 Å². The van der Waals surface area contributed by atoms with Gasteiger partial charge in [0.1, 0.15) is 0 Å². The summed E-state index contributed by atoms with van der Waals surface area (Å²) in [5.74, 6) is 11.8. The van der Waals surface area contributed by atoms with Gasteiger partial charge in [-0.15, -0.1) is 0 Å². The number of unbranched alkanes of at least 4 members (excludes halogenated alkanes) is 1. The molecular formula is C35H64. The van der Waals surface area contributed by atoms with Gasteiger partial charge in [0.25, 0.3) is 0 Å². The summed E-state index contributed by atoms with van der Waals surface area (Å²) in [7, 11) is 0. The average molecular weight is 485 g/mol. The Bertz CT molecular complexity index is 587. The lowest BCUT2D eigenvalue weighted by Gasteiger charge is -2.49. The van der Waals surface area contributed by atoms with Crippen molar-refractivity contribution in [1.29, 1.82) is 0 Å². The van der Waals surface area contributed by atoms with Crippen LogP contribution in [0.2, 0.25) is 0 Å². The Labute approximate surface area is 221 Å². The smallest absolute Gasteiger partial charge is 0.0324 e. The van der Waals surface area contributed by atoms with Crippen LogP contribution in [0.4, 0.5) is 0 Å². The lowest BCUT2D eigenvalue weighted by Crippen LogP contribution is -2.41. The van der Waals surface area contributed by atoms with Gasteiger partial charge >= 0.3 is 0 Å². The SMILES string of the molecule is CCC1CCC(C)C(C2CCC(C)C2)C1.CCCCC1C(C)CC2CCCC2C1C1CCCCC1. The second-order valence-corrected chi connectivity index (χ2v) is 14.8. The Kier molecular flexibility index (Phi) is 11.0. The van der Waals surface area contributed by atoms with E-state index in [0.717, 1.165) is 65.1 Å². The van der Waals surface area contributed by atoms with E-state index >= 15 is 0 Å². The molecule has 5 rings (SSSR count). The van der Waals surface area contributed by atoms with Gasteiger partial charge in [0.2, 0.25) is 0 Å². The zero-order valence-electron chi connectivity index (χ0n) is 24.8. The summed E-state index contributed by atoms with van der Waals surface area (Å²) in [6.45, 7) is 12.3. The molecule has 0 N–H and O–H groups in total. The van der Waals surface area contributed by atoms with Crippen LogP contribution in [0.1, 0.15) is 157 Å². The highest BCUT2D eigenvalue weighted by Gasteiger charge is 2.47. The van der Waals surface area contributed by atoms with Crippen molar-refractivity contribution in [3.63, 3.8) is 0 Å². The van der Waals surface area contributed by atoms with E-state index in [-0.39, 0.29) is 0 Å². The van der Waals surface area contributed by atoms with Gasteiger partial charge in [-0.1, -0.05) is 118 Å². The van der Waals surface area contributed by atoms with E-state index in [1.54, 1.807) is 51.4 Å². The minimum absolute atomic E-state index is 1.02. The average Bonchev–Trinajstić information content (AvgIpc) is 3.52. The van der Waals surface area contributed by atoms with Crippen LogP contribution in [0.5, 0.6) is 0 Å². The predicted molar refractivity (Wildman–Crippen MR) is 154 cm³/mol. The Hall–Kier alpha value is 0. The molecule has 10 atom stereocenters. The molecule has 0 radical (unpaired) electrons. The minimum atomic E-state index is 1.02. The fraction of sp³-hybridized carbons (Fsp3) is 1.00. The van der Waals surface area contributed by atoms with Crippen molar-refractivity contribution >= 4 is 0 Å². The molecule has 0 heteroatoms. The standard InChI is InChI=1S/C20H36.C15H28/c1-3-4-12-18-15(2)14-17-11-8-13-19(17)20(18)16-9-6-5-7-10-16;1-4-13-7-6-12(3)15(10-13)14-8-5-11(2)9-14/h15-20H,3-14H2,1-2H3;11-15H,4-10H2,1-3H3. The van der Waals surface area contributed by atoms with E-state index in [9.17, 15) is 0 Å². The Morgan fingerprint density at radius 2 is 1.31 bits per heavy atom. The number of fused-ring (bicyclic) bond motifs is 1. The minimum Gasteiger partial charge on any atom is -0.0654 e. The molecule has 0 saturated heterocycles. The molecule has 5 aliphatic carbocycles. The third-order valence-electron chi connectivity index (χ3n) is 12.5. The van der Waals surface area contributed by atoms with Gasteiger partial charge in [0.05, 0.1) is 0 Å². The fourth-order valence-electron chi connectivity index (χ4n) is 10.5. The summed E-state index contributed by atoms with van der Waals surface area (Å²) >= 11 is 0. The molecule has 5 aliphatic rings. The third kappa shape index (κ3) is 7.11. The van der Waals surface area contributed by atoms with Crippen molar-refractivity contribution in [2.75, 3.05) is 0 Å². The van der Waals surface area contributed by atoms with Gasteiger partial charge in [0, 0.05) is 0 Å². The Morgan fingerprint density at radius 1 is 0.571 bits per heavy atom. The first-order chi connectivity index (χ1) is 17.0. The van der Waals surface area contributed by atoms with Crippen molar-refractivity contribution in [3.05, 3.63) is 0 Å². The molecule has 35 heavy (non-hydrogen) atoms. The van der Waals surface area contributed by atoms with E-state index in [1.165, 1.54) is 70.6 Å². The molecule has 0 aromatic heterocycles. The van der Waals surface area contributed by atoms with Crippen LogP contribution in [-0.4, -0.2) is 0 Å². The fourth-order valence-corrected chi connectivity index (χ4v) is 10.5. The maximum atomic E-state index is 2.60. The van der Waals surface area contributed by atoms with Gasteiger partial charge < -0.3 is 0 Å². The molecule has 0 amide bonds. The normalized spacial score (nSPS) is 44.5. The molecular weight excluding hydrogens is 420 g/mol. The Morgan fingerprint density at radius 3 is 2.00 bits per heavy atom. The molecule has 0 aromatic carbocycles. The van der Waals surface area contributed by atoms with Crippen molar-refractivity contribution in [2.24, 2.45) is 65.1 Å². The van der Waals surface area contributed by atoms with E-state index in [1.807, 2.05) is 0 Å². The quantitative estimate of drug-likeness (QED) is 0.351. The second kappa shape index (κ2) is 13.7. The van der Waals surface area contributed by atoms with Gasteiger partial charge in [-0.3, -0.25) is 0 Å². The first-order valence-electron chi connectivity index (χ1n) is 17.0. The van der Waals surface area contributed by atoms with Crippen molar-refractivity contribution < 1.29 is 0 Å². The summed E-state index contributed by atoms with van der Waals surface area (Å²) in [6.07, 6.45) is 29.0. The van der Waals surface area contributed by atoms with Crippen LogP contribution in [0.25, 0.3) is 0 Å². The van der Waals surface area contributed by atoms with Crippen LogP contribution < -0.4 is 0 Å². The maximum absolute atomic E-state index is 2.60. The van der Waals surface area contributed by atoms with E-state index in [2.05, 4.69) is 34.6 Å². The van der Waals surface area contributed by atoms with Gasteiger partial charge in [-0.2, -0.15) is 0 Å². The zero-order valence-corrected chi connectivity index (χ0v) is 24.8. The maximum Gasteiger partial charge on any atom is -0.0324 e. The van der Waals surface area contributed by atoms with Crippen LogP contribution in [-0.2, 0) is 0 Å². The van der Waals surface area contributed by atoms with Crippen molar-refractivity contribution in [2.45, 2.75) is 157 Å². The molecule has 0 aromatic rings. The first kappa shape index (κ1) is 28.0. The first-order valence-corrected chi connectivity index (χ1v) is 17.0. The second-order valence-electron chi connectivity index (χ2n) is 14.8. The van der Waals surface area contributed by atoms with Gasteiger partial charge in [-0.05, 0) is 104 Å². The number of rotatable bonds is 6. The summed E-state index contributed by atoms with van der Waals surface area (Å²) in [5, 5.41) is 0. The summed E-state index contributed by atoms with van der Waals surface area (Å²) in [6, 6.07) is 0. The van der Waals surface area contributed by atoms with Crippen LogP contribution >= 0.6 is 0 Å². The third-order valence-corrected chi connectivity index (χ3v) is 12.5. The van der Waals surface area contributed by atoms with Crippen molar-refractivity contribution in [1.82, 2.24) is 0 Å². The summed E-state index contributed by atoms with van der Waals surface area (Å²) in [4.78, 5) is 0. The highest BCUT2D eigenvalue weighted by atomic mass is 14.5. The molecule has 0 nitrogen and oxygen atoms in total. The van der Waals surface area contributed by atoms with Crippen LogP contribution in [0, 0.1) is 65.1 Å². The predicted octanol–water partition coefficient (Wildman–Crippen LogP) is 11.3. The van der Waals surface area contributed by atoms with E-state index < -0.39 is 0 Å². The summed E-state index contributed by atoms with van der Waals surface area (Å²) in [5.41, 5.74) is 0. The molecule has 10 unspecified atom stereocenters. The van der Waals surface area contributed by atoms with Crippen LogP contribution in [0.3, 0.4) is 0 Å².